The van der Waals surface area contributed by atoms with Crippen molar-refractivity contribution in [2.75, 3.05) is 6.26 Å². The number of hydrogen-bond donors (Lipinski definition) is 1. The third-order valence-corrected chi connectivity index (χ3v) is 5.73. The van der Waals surface area contributed by atoms with Crippen molar-refractivity contribution in [1.29, 1.82) is 0 Å². The van der Waals surface area contributed by atoms with Crippen molar-refractivity contribution < 1.29 is 12.9 Å². The summed E-state index contributed by atoms with van der Waals surface area (Å²) in [7, 11) is -3.27. The lowest BCUT2D eigenvalue weighted by molar-refractivity contribution is 0.381. The Hall–Kier alpha value is -2.44. The molecule has 0 fully saturated rings. The minimum Gasteiger partial charge on any atom is -0.361 e. The van der Waals surface area contributed by atoms with Gasteiger partial charge in [-0.15, -0.1) is 0 Å². The van der Waals surface area contributed by atoms with Crippen molar-refractivity contribution in [3.8, 4) is 0 Å². The topological polar surface area (TPSA) is 72.2 Å². The van der Waals surface area contributed by atoms with Crippen LogP contribution in [0.2, 0.25) is 0 Å². The van der Waals surface area contributed by atoms with Crippen molar-refractivity contribution >= 4 is 9.84 Å². The van der Waals surface area contributed by atoms with Crippen LogP contribution in [0.3, 0.4) is 0 Å². The monoisotopic (exact) mass is 384 g/mol. The van der Waals surface area contributed by atoms with Gasteiger partial charge < -0.3 is 9.84 Å². The first-order valence-corrected chi connectivity index (χ1v) is 10.8. The fraction of sp³-hybridized carbons (Fsp3) is 0.286. The molecule has 1 heterocycles. The molecule has 0 radical (unpaired) electrons. The third kappa shape index (κ3) is 4.46. The van der Waals surface area contributed by atoms with Crippen LogP contribution in [0.15, 0.2) is 64.0 Å². The highest BCUT2D eigenvalue weighted by Gasteiger charge is 2.18. The van der Waals surface area contributed by atoms with Crippen LogP contribution in [-0.4, -0.2) is 19.8 Å². The van der Waals surface area contributed by atoms with Crippen LogP contribution in [0, 0.1) is 6.92 Å². The van der Waals surface area contributed by atoms with E-state index in [1.807, 2.05) is 50.2 Å². The average Bonchev–Trinajstić information content (AvgIpc) is 3.02. The van der Waals surface area contributed by atoms with Crippen LogP contribution < -0.4 is 5.32 Å². The van der Waals surface area contributed by atoms with Crippen LogP contribution >= 0.6 is 0 Å². The molecule has 0 saturated carbocycles. The maximum absolute atomic E-state index is 12.0. The third-order valence-electron chi connectivity index (χ3n) is 4.62. The fourth-order valence-electron chi connectivity index (χ4n) is 3.14. The molecule has 27 heavy (non-hydrogen) atoms. The highest BCUT2D eigenvalue weighted by molar-refractivity contribution is 7.90. The Kier molecular flexibility index (Phi) is 5.77. The second kappa shape index (κ2) is 8.06. The molecular weight excluding hydrogens is 360 g/mol. The minimum atomic E-state index is -3.27. The molecule has 5 nitrogen and oxygen atoms in total. The molecule has 3 rings (SSSR count). The number of nitrogens with zero attached hydrogens (tertiary/aromatic N) is 1. The molecule has 3 aromatic rings. The van der Waals surface area contributed by atoms with E-state index in [1.165, 1.54) is 6.26 Å². The Morgan fingerprint density at radius 2 is 1.78 bits per heavy atom. The van der Waals surface area contributed by atoms with Crippen LogP contribution in [0.5, 0.6) is 0 Å². The molecule has 142 valence electrons. The lowest BCUT2D eigenvalue weighted by Gasteiger charge is -2.20. The number of sulfone groups is 1. The maximum Gasteiger partial charge on any atom is 0.175 e. The normalized spacial score (nSPS) is 12.9. The van der Waals surface area contributed by atoms with Crippen molar-refractivity contribution in [1.82, 2.24) is 10.5 Å². The van der Waals surface area contributed by atoms with E-state index in [0.717, 1.165) is 34.6 Å². The number of aromatic nitrogens is 1. The first-order valence-electron chi connectivity index (χ1n) is 8.92. The molecule has 0 amide bonds. The van der Waals surface area contributed by atoms with Gasteiger partial charge >= 0.3 is 0 Å². The first kappa shape index (κ1) is 19.3. The molecule has 1 unspecified atom stereocenters. The maximum atomic E-state index is 12.0. The molecule has 6 heteroatoms. The largest absolute Gasteiger partial charge is 0.361 e. The molecule has 1 aromatic heterocycles. The van der Waals surface area contributed by atoms with E-state index in [0.29, 0.717) is 11.4 Å². The highest BCUT2D eigenvalue weighted by atomic mass is 32.2. The second-order valence-corrected chi connectivity index (χ2v) is 8.61. The first-order chi connectivity index (χ1) is 12.9. The van der Waals surface area contributed by atoms with Gasteiger partial charge in [-0.25, -0.2) is 8.42 Å². The van der Waals surface area contributed by atoms with Crippen LogP contribution in [-0.2, 0) is 22.8 Å². The van der Waals surface area contributed by atoms with E-state index in [4.69, 9.17) is 4.52 Å². The van der Waals surface area contributed by atoms with Crippen molar-refractivity contribution in [3.05, 3.63) is 82.7 Å². The molecule has 0 spiro atoms. The van der Waals surface area contributed by atoms with Gasteiger partial charge in [0, 0.05) is 24.8 Å². The summed E-state index contributed by atoms with van der Waals surface area (Å²) in [6.45, 7) is 4.55. The predicted molar refractivity (Wildman–Crippen MR) is 105 cm³/mol. The number of rotatable bonds is 7. The number of nitrogens with one attached hydrogen (secondary N) is 1. The van der Waals surface area contributed by atoms with E-state index in [-0.39, 0.29) is 6.04 Å². The van der Waals surface area contributed by atoms with Crippen LogP contribution in [0.4, 0.5) is 0 Å². The molecule has 0 aliphatic rings. The van der Waals surface area contributed by atoms with Crippen molar-refractivity contribution in [2.45, 2.75) is 37.8 Å². The van der Waals surface area contributed by atoms with E-state index in [1.54, 1.807) is 18.2 Å². The standard InChI is InChI=1S/C21H24N2O3S/c1-4-20-19(15(2)23-26-20)14-22-21(16-9-6-5-7-10-16)17-11-8-12-18(13-17)27(3,24)25/h5-13,21-22H,4,14H2,1-3H3. The minimum absolute atomic E-state index is 0.146. The van der Waals surface area contributed by atoms with Gasteiger partial charge in [-0.1, -0.05) is 54.5 Å². The summed E-state index contributed by atoms with van der Waals surface area (Å²) in [5, 5.41) is 7.62. The van der Waals surface area contributed by atoms with Crippen molar-refractivity contribution in [3.63, 3.8) is 0 Å². The van der Waals surface area contributed by atoms with Gasteiger partial charge in [0.05, 0.1) is 16.6 Å². The molecule has 0 bridgehead atoms. The summed E-state index contributed by atoms with van der Waals surface area (Å²) in [5.74, 6) is 0.872. The predicted octanol–water partition coefficient (Wildman–Crippen LogP) is 3.83. The van der Waals surface area contributed by atoms with Gasteiger partial charge in [0.15, 0.2) is 9.84 Å². The van der Waals surface area contributed by atoms with Gasteiger partial charge in [0.25, 0.3) is 0 Å². The molecule has 0 aliphatic carbocycles. The zero-order valence-corrected chi connectivity index (χ0v) is 16.6. The Labute approximate surface area is 160 Å². The van der Waals surface area contributed by atoms with Crippen molar-refractivity contribution in [2.24, 2.45) is 0 Å². The average molecular weight is 385 g/mol. The summed E-state index contributed by atoms with van der Waals surface area (Å²) in [6, 6.07) is 16.9. The van der Waals surface area contributed by atoms with Gasteiger partial charge in [-0.2, -0.15) is 0 Å². The van der Waals surface area contributed by atoms with Crippen LogP contribution in [0.1, 0.15) is 41.1 Å². The Morgan fingerprint density at radius 1 is 1.07 bits per heavy atom. The summed E-state index contributed by atoms with van der Waals surface area (Å²) in [6.07, 6.45) is 2.00. The quantitative estimate of drug-likeness (QED) is 0.670. The lowest BCUT2D eigenvalue weighted by atomic mass is 9.98. The van der Waals surface area contributed by atoms with Gasteiger partial charge in [0.2, 0.25) is 0 Å². The van der Waals surface area contributed by atoms with E-state index < -0.39 is 9.84 Å². The van der Waals surface area contributed by atoms with Gasteiger partial charge in [-0.05, 0) is 30.2 Å². The summed E-state index contributed by atoms with van der Waals surface area (Å²) >= 11 is 0. The Balaban J connectivity index is 1.97. The van der Waals surface area contributed by atoms with Crippen LogP contribution in [0.25, 0.3) is 0 Å². The smallest absolute Gasteiger partial charge is 0.175 e. The molecule has 1 N–H and O–H groups in total. The molecule has 1 atom stereocenters. The number of benzene rings is 2. The molecule has 0 aliphatic heterocycles. The van der Waals surface area contributed by atoms with Gasteiger partial charge in [-0.3, -0.25) is 0 Å². The second-order valence-electron chi connectivity index (χ2n) is 6.59. The zero-order valence-electron chi connectivity index (χ0n) is 15.8. The Morgan fingerprint density at radius 3 is 2.44 bits per heavy atom. The number of aryl methyl sites for hydroxylation is 2. The molecule has 0 saturated heterocycles. The molecule has 2 aromatic carbocycles. The lowest BCUT2D eigenvalue weighted by Crippen LogP contribution is -2.23. The van der Waals surface area contributed by atoms with E-state index in [9.17, 15) is 8.42 Å². The zero-order chi connectivity index (χ0) is 19.4. The van der Waals surface area contributed by atoms with E-state index >= 15 is 0 Å². The van der Waals surface area contributed by atoms with E-state index in [2.05, 4.69) is 10.5 Å². The van der Waals surface area contributed by atoms with Gasteiger partial charge in [0.1, 0.15) is 5.76 Å². The fourth-order valence-corrected chi connectivity index (χ4v) is 3.82. The summed E-state index contributed by atoms with van der Waals surface area (Å²) < 4.78 is 29.3. The number of hydrogen-bond acceptors (Lipinski definition) is 5. The highest BCUT2D eigenvalue weighted by Crippen LogP contribution is 2.25. The Bertz CT molecular complexity index is 1010. The SMILES string of the molecule is CCc1onc(C)c1CNC(c1ccccc1)c1cccc(S(C)(=O)=O)c1. The summed E-state index contributed by atoms with van der Waals surface area (Å²) in [5.41, 5.74) is 3.89. The molecular formula is C21H24N2O3S. The summed E-state index contributed by atoms with van der Waals surface area (Å²) in [4.78, 5) is 0.318.